The van der Waals surface area contributed by atoms with E-state index in [4.69, 9.17) is 5.73 Å². The standard InChI is InChI=1S/C13H19FN4O/c1-9-5-11(14)7-16-13(9)17-3-4-18(10(2)8-17)12(19)6-15/h5,7,10H,3-4,6,8,15H2,1-2H3/t10-/m0/s1. The number of pyridine rings is 1. The zero-order valence-electron chi connectivity index (χ0n) is 11.3. The van der Waals surface area contributed by atoms with Crippen LogP contribution in [0.25, 0.3) is 0 Å². The molecule has 0 unspecified atom stereocenters. The van der Waals surface area contributed by atoms with E-state index in [1.807, 2.05) is 13.8 Å². The maximum absolute atomic E-state index is 13.1. The van der Waals surface area contributed by atoms with Gasteiger partial charge in [-0.15, -0.1) is 0 Å². The fraction of sp³-hybridized carbons (Fsp3) is 0.538. The second-order valence-electron chi connectivity index (χ2n) is 4.88. The highest BCUT2D eigenvalue weighted by molar-refractivity contribution is 5.78. The fourth-order valence-corrected chi connectivity index (χ4v) is 2.50. The third-order valence-corrected chi connectivity index (χ3v) is 3.44. The van der Waals surface area contributed by atoms with Crippen LogP contribution in [0.3, 0.4) is 0 Å². The highest BCUT2D eigenvalue weighted by Gasteiger charge is 2.27. The third kappa shape index (κ3) is 2.84. The number of aromatic nitrogens is 1. The van der Waals surface area contributed by atoms with Gasteiger partial charge in [-0.3, -0.25) is 4.79 Å². The van der Waals surface area contributed by atoms with Crippen molar-refractivity contribution in [1.29, 1.82) is 0 Å². The summed E-state index contributed by atoms with van der Waals surface area (Å²) < 4.78 is 13.1. The van der Waals surface area contributed by atoms with E-state index < -0.39 is 0 Å². The topological polar surface area (TPSA) is 62.5 Å². The minimum Gasteiger partial charge on any atom is -0.353 e. The Hall–Kier alpha value is -1.69. The van der Waals surface area contributed by atoms with E-state index >= 15 is 0 Å². The first-order valence-corrected chi connectivity index (χ1v) is 6.39. The number of carbonyl (C=O) groups excluding carboxylic acids is 1. The van der Waals surface area contributed by atoms with Gasteiger partial charge in [-0.2, -0.15) is 0 Å². The van der Waals surface area contributed by atoms with Crippen molar-refractivity contribution < 1.29 is 9.18 Å². The molecule has 1 saturated heterocycles. The van der Waals surface area contributed by atoms with Crippen molar-refractivity contribution in [2.45, 2.75) is 19.9 Å². The molecule has 5 nitrogen and oxygen atoms in total. The molecule has 0 saturated carbocycles. The predicted molar refractivity (Wildman–Crippen MR) is 71.4 cm³/mol. The second kappa shape index (κ2) is 5.52. The molecule has 1 fully saturated rings. The summed E-state index contributed by atoms with van der Waals surface area (Å²) in [6, 6.07) is 1.56. The maximum Gasteiger partial charge on any atom is 0.236 e. The summed E-state index contributed by atoms with van der Waals surface area (Å²) in [5.41, 5.74) is 6.20. The zero-order valence-corrected chi connectivity index (χ0v) is 11.3. The Balaban J connectivity index is 2.11. The maximum atomic E-state index is 13.1. The fourth-order valence-electron chi connectivity index (χ4n) is 2.50. The van der Waals surface area contributed by atoms with Crippen molar-refractivity contribution in [3.63, 3.8) is 0 Å². The van der Waals surface area contributed by atoms with Crippen molar-refractivity contribution in [1.82, 2.24) is 9.88 Å². The molecule has 0 radical (unpaired) electrons. The molecule has 0 aromatic carbocycles. The lowest BCUT2D eigenvalue weighted by Gasteiger charge is -2.40. The summed E-state index contributed by atoms with van der Waals surface area (Å²) >= 11 is 0. The van der Waals surface area contributed by atoms with E-state index in [1.54, 1.807) is 4.90 Å². The lowest BCUT2D eigenvalue weighted by molar-refractivity contribution is -0.132. The Labute approximate surface area is 112 Å². The number of nitrogens with two attached hydrogens (primary N) is 1. The number of carbonyl (C=O) groups is 1. The molecule has 1 atom stereocenters. The number of amides is 1. The third-order valence-electron chi connectivity index (χ3n) is 3.44. The smallest absolute Gasteiger partial charge is 0.236 e. The Kier molecular flexibility index (Phi) is 3.99. The molecule has 2 rings (SSSR count). The number of hydrogen-bond donors (Lipinski definition) is 1. The molecular weight excluding hydrogens is 247 g/mol. The normalized spacial score (nSPS) is 19.7. The quantitative estimate of drug-likeness (QED) is 0.848. The average molecular weight is 266 g/mol. The number of halogens is 1. The van der Waals surface area contributed by atoms with Gasteiger partial charge in [0.2, 0.25) is 5.91 Å². The Morgan fingerprint density at radius 3 is 2.89 bits per heavy atom. The van der Waals surface area contributed by atoms with Crippen molar-refractivity contribution in [2.75, 3.05) is 31.1 Å². The van der Waals surface area contributed by atoms with Crippen LogP contribution < -0.4 is 10.6 Å². The van der Waals surface area contributed by atoms with E-state index in [0.29, 0.717) is 19.6 Å². The van der Waals surface area contributed by atoms with E-state index in [-0.39, 0.29) is 24.3 Å². The van der Waals surface area contributed by atoms with Gasteiger partial charge < -0.3 is 15.5 Å². The van der Waals surface area contributed by atoms with Crippen molar-refractivity contribution in [3.05, 3.63) is 23.6 Å². The molecule has 1 aliphatic rings. The van der Waals surface area contributed by atoms with Crippen LogP contribution in [0.4, 0.5) is 10.2 Å². The summed E-state index contributed by atoms with van der Waals surface area (Å²) in [6.45, 7) is 5.86. The molecule has 0 spiro atoms. The van der Waals surface area contributed by atoms with Crippen molar-refractivity contribution in [3.8, 4) is 0 Å². The Bertz CT molecular complexity index is 480. The lowest BCUT2D eigenvalue weighted by Crippen LogP contribution is -2.55. The summed E-state index contributed by atoms with van der Waals surface area (Å²) in [4.78, 5) is 19.7. The summed E-state index contributed by atoms with van der Waals surface area (Å²) in [6.07, 6.45) is 1.23. The zero-order chi connectivity index (χ0) is 14.0. The summed E-state index contributed by atoms with van der Waals surface area (Å²) in [5, 5.41) is 0. The van der Waals surface area contributed by atoms with Gasteiger partial charge in [0.05, 0.1) is 12.7 Å². The van der Waals surface area contributed by atoms with E-state index in [0.717, 1.165) is 11.4 Å². The molecule has 1 aromatic rings. The lowest BCUT2D eigenvalue weighted by atomic mass is 10.1. The SMILES string of the molecule is Cc1cc(F)cnc1N1CCN(C(=O)CN)[C@@H](C)C1. The van der Waals surface area contributed by atoms with Crippen molar-refractivity contribution >= 4 is 11.7 Å². The summed E-state index contributed by atoms with van der Waals surface area (Å²) in [5.74, 6) is 0.426. The first kappa shape index (κ1) is 13.7. The van der Waals surface area contributed by atoms with Gasteiger partial charge in [-0.1, -0.05) is 0 Å². The minimum atomic E-state index is -0.328. The monoisotopic (exact) mass is 266 g/mol. The van der Waals surface area contributed by atoms with Crippen LogP contribution in [-0.4, -0.2) is 48.0 Å². The molecule has 0 aliphatic carbocycles. The molecule has 2 N–H and O–H groups in total. The van der Waals surface area contributed by atoms with Gasteiger partial charge >= 0.3 is 0 Å². The predicted octanol–water partition coefficient (Wildman–Crippen LogP) is 0.525. The van der Waals surface area contributed by atoms with Gasteiger partial charge in [-0.05, 0) is 25.5 Å². The van der Waals surface area contributed by atoms with Crippen LogP contribution >= 0.6 is 0 Å². The molecule has 19 heavy (non-hydrogen) atoms. The van der Waals surface area contributed by atoms with Gasteiger partial charge in [0, 0.05) is 25.7 Å². The molecule has 1 aromatic heterocycles. The first-order valence-electron chi connectivity index (χ1n) is 6.39. The van der Waals surface area contributed by atoms with Crippen LogP contribution in [0.15, 0.2) is 12.3 Å². The van der Waals surface area contributed by atoms with Crippen LogP contribution in [0, 0.1) is 12.7 Å². The van der Waals surface area contributed by atoms with E-state index in [1.165, 1.54) is 12.3 Å². The van der Waals surface area contributed by atoms with Gasteiger partial charge in [0.1, 0.15) is 11.6 Å². The molecule has 0 bridgehead atoms. The number of nitrogens with zero attached hydrogens (tertiary/aromatic N) is 3. The molecule has 6 heteroatoms. The Morgan fingerprint density at radius 2 is 2.32 bits per heavy atom. The van der Waals surface area contributed by atoms with Gasteiger partial charge in [0.25, 0.3) is 0 Å². The molecular formula is C13H19FN4O. The highest BCUT2D eigenvalue weighted by Crippen LogP contribution is 2.21. The van der Waals surface area contributed by atoms with Crippen LogP contribution in [0.2, 0.25) is 0 Å². The van der Waals surface area contributed by atoms with Crippen molar-refractivity contribution in [2.24, 2.45) is 5.73 Å². The molecule has 104 valence electrons. The highest BCUT2D eigenvalue weighted by atomic mass is 19.1. The largest absolute Gasteiger partial charge is 0.353 e. The number of piperazine rings is 1. The van der Waals surface area contributed by atoms with Crippen LogP contribution in [0.5, 0.6) is 0 Å². The average Bonchev–Trinajstić information content (AvgIpc) is 2.37. The van der Waals surface area contributed by atoms with Gasteiger partial charge in [0.15, 0.2) is 0 Å². The molecule has 2 heterocycles. The minimum absolute atomic E-state index is 0.0315. The number of anilines is 1. The number of hydrogen-bond acceptors (Lipinski definition) is 4. The first-order chi connectivity index (χ1) is 9.02. The Morgan fingerprint density at radius 1 is 1.58 bits per heavy atom. The van der Waals surface area contributed by atoms with E-state index in [2.05, 4.69) is 9.88 Å². The molecule has 1 aliphatic heterocycles. The second-order valence-corrected chi connectivity index (χ2v) is 4.88. The van der Waals surface area contributed by atoms with Gasteiger partial charge in [-0.25, -0.2) is 9.37 Å². The number of rotatable bonds is 2. The van der Waals surface area contributed by atoms with E-state index in [9.17, 15) is 9.18 Å². The van der Waals surface area contributed by atoms with Crippen LogP contribution in [-0.2, 0) is 4.79 Å². The number of aryl methyl sites for hydroxylation is 1. The molecule has 1 amide bonds. The van der Waals surface area contributed by atoms with Crippen LogP contribution in [0.1, 0.15) is 12.5 Å². The summed E-state index contributed by atoms with van der Waals surface area (Å²) in [7, 11) is 0.